The molecule has 0 saturated carbocycles. The van der Waals surface area contributed by atoms with Crippen LogP contribution in [0.4, 0.5) is 5.69 Å². The molecule has 6 nitrogen and oxygen atoms in total. The maximum atomic E-state index is 12.2. The fourth-order valence-corrected chi connectivity index (χ4v) is 2.22. The third-order valence-corrected chi connectivity index (χ3v) is 3.58. The summed E-state index contributed by atoms with van der Waals surface area (Å²) in [6, 6.07) is 16.4. The van der Waals surface area contributed by atoms with E-state index in [4.69, 9.17) is 14.2 Å². The zero-order valence-electron chi connectivity index (χ0n) is 14.9. The van der Waals surface area contributed by atoms with Crippen molar-refractivity contribution in [2.24, 2.45) is 0 Å². The molecule has 1 atom stereocenters. The summed E-state index contributed by atoms with van der Waals surface area (Å²) in [5.41, 5.74) is 0.527. The number of methoxy groups -OCH3 is 1. The van der Waals surface area contributed by atoms with E-state index >= 15 is 0 Å². The van der Waals surface area contributed by atoms with E-state index in [9.17, 15) is 9.59 Å². The fourth-order valence-electron chi connectivity index (χ4n) is 2.22. The van der Waals surface area contributed by atoms with Crippen LogP contribution < -0.4 is 14.8 Å². The Morgan fingerprint density at radius 3 is 2.46 bits per heavy atom. The van der Waals surface area contributed by atoms with Crippen LogP contribution in [0.25, 0.3) is 0 Å². The summed E-state index contributed by atoms with van der Waals surface area (Å²) in [5.74, 6) is 0.440. The van der Waals surface area contributed by atoms with Gasteiger partial charge in [-0.15, -0.1) is 0 Å². The molecule has 6 heteroatoms. The summed E-state index contributed by atoms with van der Waals surface area (Å²) in [5, 5.41) is 2.69. The Bertz CT molecular complexity index is 717. The molecule has 1 amide bonds. The Hall–Kier alpha value is -3.02. The van der Waals surface area contributed by atoms with Crippen LogP contribution in [0.3, 0.4) is 0 Å². The van der Waals surface area contributed by atoms with Gasteiger partial charge in [-0.2, -0.15) is 0 Å². The molecule has 1 N–H and O–H groups in total. The molecule has 0 aromatic heterocycles. The highest BCUT2D eigenvalue weighted by Gasteiger charge is 2.18. The van der Waals surface area contributed by atoms with E-state index in [1.54, 1.807) is 24.3 Å². The number of anilines is 1. The second kappa shape index (κ2) is 10.1. The minimum atomic E-state index is -0.901. The van der Waals surface area contributed by atoms with E-state index in [0.717, 1.165) is 5.75 Å². The van der Waals surface area contributed by atoms with E-state index in [0.29, 0.717) is 24.5 Å². The minimum Gasteiger partial charge on any atom is -0.495 e. The quantitative estimate of drug-likeness (QED) is 0.550. The Labute approximate surface area is 153 Å². The van der Waals surface area contributed by atoms with E-state index in [1.807, 2.05) is 30.3 Å². The van der Waals surface area contributed by atoms with Crippen LogP contribution >= 0.6 is 0 Å². The molecular weight excluding hydrogens is 334 g/mol. The number of ether oxygens (including phenoxy) is 3. The van der Waals surface area contributed by atoms with E-state index in [2.05, 4.69) is 5.32 Å². The first-order chi connectivity index (χ1) is 12.6. The van der Waals surface area contributed by atoms with Crippen LogP contribution in [0.2, 0.25) is 0 Å². The molecule has 0 heterocycles. The van der Waals surface area contributed by atoms with Gasteiger partial charge in [0.25, 0.3) is 5.91 Å². The minimum absolute atomic E-state index is 0.180. The van der Waals surface area contributed by atoms with Crippen molar-refractivity contribution in [1.82, 2.24) is 0 Å². The topological polar surface area (TPSA) is 73.9 Å². The first-order valence-electron chi connectivity index (χ1n) is 8.41. The second-order valence-corrected chi connectivity index (χ2v) is 5.59. The zero-order valence-corrected chi connectivity index (χ0v) is 14.9. The van der Waals surface area contributed by atoms with Gasteiger partial charge in [-0.1, -0.05) is 30.3 Å². The molecule has 0 saturated heterocycles. The van der Waals surface area contributed by atoms with E-state index in [1.165, 1.54) is 14.0 Å². The van der Waals surface area contributed by atoms with Crippen molar-refractivity contribution in [2.45, 2.75) is 25.9 Å². The summed E-state index contributed by atoms with van der Waals surface area (Å²) in [7, 11) is 1.52. The van der Waals surface area contributed by atoms with Crippen molar-refractivity contribution >= 4 is 17.6 Å². The van der Waals surface area contributed by atoms with Crippen molar-refractivity contribution in [3.63, 3.8) is 0 Å². The number of benzene rings is 2. The summed E-state index contributed by atoms with van der Waals surface area (Å²) in [6.07, 6.45) is -0.212. The van der Waals surface area contributed by atoms with Crippen LogP contribution in [0.1, 0.15) is 19.8 Å². The molecule has 0 bridgehead atoms. The number of hydrogen-bond acceptors (Lipinski definition) is 5. The standard InChI is InChI=1S/C20H23NO5/c1-15(20(23)21-17-11-6-7-12-18(17)24-2)26-19(22)13-8-14-25-16-9-4-3-5-10-16/h3-7,9-12,15H,8,13-14H2,1-2H3,(H,21,23)/t15-/m0/s1. The average Bonchev–Trinajstić information content (AvgIpc) is 2.66. The highest BCUT2D eigenvalue weighted by Crippen LogP contribution is 2.23. The molecule has 0 unspecified atom stereocenters. The Morgan fingerprint density at radius 1 is 1.04 bits per heavy atom. The first kappa shape index (κ1) is 19.3. The van der Waals surface area contributed by atoms with Gasteiger partial charge in [-0.05, 0) is 37.6 Å². The van der Waals surface area contributed by atoms with Crippen molar-refractivity contribution in [2.75, 3.05) is 19.0 Å². The molecule has 0 radical (unpaired) electrons. The Morgan fingerprint density at radius 2 is 1.73 bits per heavy atom. The molecular formula is C20H23NO5. The van der Waals surface area contributed by atoms with Gasteiger partial charge in [0, 0.05) is 6.42 Å². The predicted octanol–water partition coefficient (Wildman–Crippen LogP) is 3.42. The summed E-state index contributed by atoms with van der Waals surface area (Å²) < 4.78 is 15.8. The third kappa shape index (κ3) is 6.12. The number of carbonyl (C=O) groups is 2. The first-order valence-corrected chi connectivity index (χ1v) is 8.41. The summed E-state index contributed by atoms with van der Waals surface area (Å²) >= 11 is 0. The number of amides is 1. The molecule has 0 aliphatic rings. The summed E-state index contributed by atoms with van der Waals surface area (Å²) in [6.45, 7) is 1.93. The molecule has 2 aromatic rings. The SMILES string of the molecule is COc1ccccc1NC(=O)[C@H](C)OC(=O)CCCOc1ccccc1. The van der Waals surface area contributed by atoms with Crippen LogP contribution in [-0.2, 0) is 14.3 Å². The Kier molecular flexibility index (Phi) is 7.49. The lowest BCUT2D eigenvalue weighted by atomic mass is 10.2. The highest BCUT2D eigenvalue weighted by atomic mass is 16.5. The van der Waals surface area contributed by atoms with Gasteiger partial charge in [0.1, 0.15) is 11.5 Å². The number of esters is 1. The number of rotatable bonds is 9. The van der Waals surface area contributed by atoms with Gasteiger partial charge in [-0.25, -0.2) is 0 Å². The maximum absolute atomic E-state index is 12.2. The lowest BCUT2D eigenvalue weighted by Gasteiger charge is -2.15. The van der Waals surface area contributed by atoms with Crippen LogP contribution in [0.15, 0.2) is 54.6 Å². The van der Waals surface area contributed by atoms with Crippen LogP contribution in [0, 0.1) is 0 Å². The second-order valence-electron chi connectivity index (χ2n) is 5.59. The molecule has 2 rings (SSSR count). The molecule has 0 spiro atoms. The van der Waals surface area contributed by atoms with Crippen molar-refractivity contribution < 1.29 is 23.8 Å². The molecule has 0 fully saturated rings. The maximum Gasteiger partial charge on any atom is 0.306 e. The average molecular weight is 357 g/mol. The highest BCUT2D eigenvalue weighted by molar-refractivity contribution is 5.96. The lowest BCUT2D eigenvalue weighted by Crippen LogP contribution is -2.30. The number of nitrogens with one attached hydrogen (secondary N) is 1. The van der Waals surface area contributed by atoms with Gasteiger partial charge < -0.3 is 19.5 Å². The largest absolute Gasteiger partial charge is 0.495 e. The predicted molar refractivity (Wildman–Crippen MR) is 98.3 cm³/mol. The van der Waals surface area contributed by atoms with Gasteiger partial charge in [-0.3, -0.25) is 9.59 Å². The normalized spacial score (nSPS) is 11.3. The molecule has 0 aliphatic heterocycles. The molecule has 26 heavy (non-hydrogen) atoms. The van der Waals surface area contributed by atoms with Gasteiger partial charge in [0.2, 0.25) is 0 Å². The number of hydrogen-bond donors (Lipinski definition) is 1. The zero-order chi connectivity index (χ0) is 18.8. The van der Waals surface area contributed by atoms with E-state index in [-0.39, 0.29) is 6.42 Å². The lowest BCUT2D eigenvalue weighted by molar-refractivity contribution is -0.153. The van der Waals surface area contributed by atoms with Gasteiger partial charge >= 0.3 is 5.97 Å². The fraction of sp³-hybridized carbons (Fsp3) is 0.300. The number of para-hydroxylation sites is 3. The Balaban J connectivity index is 1.71. The van der Waals surface area contributed by atoms with Gasteiger partial charge in [0.15, 0.2) is 6.10 Å². The summed E-state index contributed by atoms with van der Waals surface area (Å²) in [4.78, 5) is 24.0. The monoisotopic (exact) mass is 357 g/mol. The third-order valence-electron chi connectivity index (χ3n) is 3.58. The van der Waals surface area contributed by atoms with Crippen molar-refractivity contribution in [3.05, 3.63) is 54.6 Å². The van der Waals surface area contributed by atoms with E-state index < -0.39 is 18.0 Å². The smallest absolute Gasteiger partial charge is 0.306 e. The van der Waals surface area contributed by atoms with Crippen molar-refractivity contribution in [3.8, 4) is 11.5 Å². The van der Waals surface area contributed by atoms with Crippen molar-refractivity contribution in [1.29, 1.82) is 0 Å². The molecule has 0 aliphatic carbocycles. The van der Waals surface area contributed by atoms with Crippen LogP contribution in [-0.4, -0.2) is 31.7 Å². The van der Waals surface area contributed by atoms with Gasteiger partial charge in [0.05, 0.1) is 19.4 Å². The molecule has 138 valence electrons. The molecule has 2 aromatic carbocycles. The van der Waals surface area contributed by atoms with Crippen LogP contribution in [0.5, 0.6) is 11.5 Å². The number of carbonyl (C=O) groups excluding carboxylic acids is 2.